The van der Waals surface area contributed by atoms with Gasteiger partial charge < -0.3 is 5.11 Å². The van der Waals surface area contributed by atoms with Crippen molar-refractivity contribution in [1.29, 1.82) is 0 Å². The first kappa shape index (κ1) is 10.1. The van der Waals surface area contributed by atoms with Crippen LogP contribution in [-0.4, -0.2) is 10.1 Å². The Kier molecular flexibility index (Phi) is 2.99. The van der Waals surface area contributed by atoms with Crippen molar-refractivity contribution in [3.05, 3.63) is 53.3 Å². The lowest BCUT2D eigenvalue weighted by atomic mass is 10.0. The molecule has 0 spiro atoms. The number of aromatic nitrogens is 1. The summed E-state index contributed by atoms with van der Waals surface area (Å²) in [7, 11) is 0. The van der Waals surface area contributed by atoms with Crippen LogP contribution in [0.1, 0.15) is 5.56 Å². The maximum absolute atomic E-state index is 9.22. The summed E-state index contributed by atoms with van der Waals surface area (Å²) < 4.78 is 0. The molecule has 0 amide bonds. The van der Waals surface area contributed by atoms with Gasteiger partial charge in [-0.25, -0.2) is 4.98 Å². The van der Waals surface area contributed by atoms with Crippen LogP contribution in [0.5, 0.6) is 0 Å². The lowest BCUT2D eigenvalue weighted by molar-refractivity contribution is 0.282. The summed E-state index contributed by atoms with van der Waals surface area (Å²) in [6.45, 7) is -0.0353. The van der Waals surface area contributed by atoms with Crippen molar-refractivity contribution in [3.8, 4) is 11.1 Å². The highest BCUT2D eigenvalue weighted by Gasteiger charge is 2.05. The van der Waals surface area contributed by atoms with Crippen LogP contribution in [0.2, 0.25) is 5.15 Å². The molecule has 2 aromatic rings. The van der Waals surface area contributed by atoms with Gasteiger partial charge in [-0.2, -0.15) is 0 Å². The predicted octanol–water partition coefficient (Wildman–Crippen LogP) is 2.89. The second-order valence-electron chi connectivity index (χ2n) is 3.19. The van der Waals surface area contributed by atoms with E-state index in [1.165, 1.54) is 0 Å². The van der Waals surface area contributed by atoms with E-state index in [2.05, 4.69) is 4.98 Å². The highest BCUT2D eigenvalue weighted by molar-refractivity contribution is 6.29. The van der Waals surface area contributed by atoms with Crippen LogP contribution >= 0.6 is 11.6 Å². The Bertz CT molecular complexity index is 456. The first-order valence-electron chi connectivity index (χ1n) is 4.62. The first-order chi connectivity index (χ1) is 7.31. The van der Waals surface area contributed by atoms with Gasteiger partial charge in [0, 0.05) is 11.8 Å². The van der Waals surface area contributed by atoms with Gasteiger partial charge in [-0.1, -0.05) is 41.9 Å². The molecule has 0 saturated carbocycles. The van der Waals surface area contributed by atoms with Crippen molar-refractivity contribution in [3.63, 3.8) is 0 Å². The monoisotopic (exact) mass is 219 g/mol. The molecule has 2 nitrogen and oxygen atoms in total. The average molecular weight is 220 g/mol. The van der Waals surface area contributed by atoms with Crippen LogP contribution in [0.4, 0.5) is 0 Å². The van der Waals surface area contributed by atoms with Gasteiger partial charge in [0.1, 0.15) is 5.15 Å². The minimum atomic E-state index is -0.0353. The Morgan fingerprint density at radius 2 is 1.93 bits per heavy atom. The van der Waals surface area contributed by atoms with E-state index in [4.69, 9.17) is 11.6 Å². The summed E-state index contributed by atoms with van der Waals surface area (Å²) in [6.07, 6.45) is 1.68. The van der Waals surface area contributed by atoms with Crippen molar-refractivity contribution < 1.29 is 5.11 Å². The molecule has 0 bridgehead atoms. The molecule has 0 saturated heterocycles. The van der Waals surface area contributed by atoms with E-state index >= 15 is 0 Å². The normalized spacial score (nSPS) is 10.3. The molecule has 0 aliphatic carbocycles. The molecule has 1 N–H and O–H groups in total. The SMILES string of the molecule is OCc1cc(Cl)ncc1-c1ccccc1. The Morgan fingerprint density at radius 3 is 2.60 bits per heavy atom. The summed E-state index contributed by atoms with van der Waals surface area (Å²) in [4.78, 5) is 4.02. The van der Waals surface area contributed by atoms with Gasteiger partial charge in [0.25, 0.3) is 0 Å². The Labute approximate surface area is 93.2 Å². The number of halogens is 1. The van der Waals surface area contributed by atoms with E-state index < -0.39 is 0 Å². The molecule has 1 aromatic carbocycles. The Hall–Kier alpha value is -1.38. The molecule has 15 heavy (non-hydrogen) atoms. The Morgan fingerprint density at radius 1 is 1.20 bits per heavy atom. The summed E-state index contributed by atoms with van der Waals surface area (Å²) in [5, 5.41) is 9.62. The van der Waals surface area contributed by atoms with Gasteiger partial charge in [-0.3, -0.25) is 0 Å². The molecule has 1 aromatic heterocycles. The molecule has 0 radical (unpaired) electrons. The third-order valence-corrected chi connectivity index (χ3v) is 2.42. The fourth-order valence-corrected chi connectivity index (χ4v) is 1.66. The van der Waals surface area contributed by atoms with Gasteiger partial charge in [0.15, 0.2) is 0 Å². The number of hydrogen-bond donors (Lipinski definition) is 1. The van der Waals surface area contributed by atoms with E-state index in [9.17, 15) is 5.11 Å². The van der Waals surface area contributed by atoms with Gasteiger partial charge >= 0.3 is 0 Å². The molecule has 76 valence electrons. The molecular formula is C12H10ClNO. The molecule has 0 fully saturated rings. The third kappa shape index (κ3) is 2.17. The lowest BCUT2D eigenvalue weighted by Gasteiger charge is -2.06. The number of nitrogens with zero attached hydrogens (tertiary/aromatic N) is 1. The summed E-state index contributed by atoms with van der Waals surface area (Å²) in [5.74, 6) is 0. The van der Waals surface area contributed by atoms with Crippen LogP contribution in [0, 0.1) is 0 Å². The standard InChI is InChI=1S/C12H10ClNO/c13-12-6-10(8-15)11(7-14-12)9-4-2-1-3-5-9/h1-7,15H,8H2. The molecule has 0 aliphatic rings. The molecule has 1 heterocycles. The smallest absolute Gasteiger partial charge is 0.129 e. The molecule has 3 heteroatoms. The molecular weight excluding hydrogens is 210 g/mol. The summed E-state index contributed by atoms with van der Waals surface area (Å²) in [6, 6.07) is 11.5. The van der Waals surface area contributed by atoms with Crippen molar-refractivity contribution in [2.24, 2.45) is 0 Å². The van der Waals surface area contributed by atoms with Crippen molar-refractivity contribution in [2.45, 2.75) is 6.61 Å². The van der Waals surface area contributed by atoms with Crippen LogP contribution in [-0.2, 0) is 6.61 Å². The topological polar surface area (TPSA) is 33.1 Å². The van der Waals surface area contributed by atoms with E-state index in [0.717, 1.165) is 16.7 Å². The highest BCUT2D eigenvalue weighted by Crippen LogP contribution is 2.24. The largest absolute Gasteiger partial charge is 0.392 e. The molecule has 2 rings (SSSR count). The number of hydrogen-bond acceptors (Lipinski definition) is 2. The molecule has 0 atom stereocenters. The first-order valence-corrected chi connectivity index (χ1v) is 5.00. The average Bonchev–Trinajstić information content (AvgIpc) is 2.30. The minimum Gasteiger partial charge on any atom is -0.392 e. The van der Waals surface area contributed by atoms with Crippen molar-refractivity contribution in [1.82, 2.24) is 4.98 Å². The van der Waals surface area contributed by atoms with Gasteiger partial charge in [-0.15, -0.1) is 0 Å². The number of aliphatic hydroxyl groups is 1. The van der Waals surface area contributed by atoms with Crippen molar-refractivity contribution in [2.75, 3.05) is 0 Å². The van der Waals surface area contributed by atoms with E-state index in [0.29, 0.717) is 5.15 Å². The van der Waals surface area contributed by atoms with E-state index in [1.54, 1.807) is 12.3 Å². The zero-order valence-electron chi connectivity index (χ0n) is 8.02. The zero-order valence-corrected chi connectivity index (χ0v) is 8.78. The van der Waals surface area contributed by atoms with Crippen molar-refractivity contribution >= 4 is 11.6 Å². The number of rotatable bonds is 2. The maximum atomic E-state index is 9.22. The van der Waals surface area contributed by atoms with Crippen LogP contribution in [0.3, 0.4) is 0 Å². The Balaban J connectivity index is 2.53. The minimum absolute atomic E-state index is 0.0353. The van der Waals surface area contributed by atoms with Gasteiger partial charge in [-0.05, 0) is 17.2 Å². The van der Waals surface area contributed by atoms with E-state index in [1.807, 2.05) is 30.3 Å². The fourth-order valence-electron chi connectivity index (χ4n) is 1.48. The van der Waals surface area contributed by atoms with Crippen LogP contribution < -0.4 is 0 Å². The van der Waals surface area contributed by atoms with E-state index in [-0.39, 0.29) is 6.61 Å². The number of benzene rings is 1. The van der Waals surface area contributed by atoms with Crippen LogP contribution in [0.15, 0.2) is 42.6 Å². The zero-order chi connectivity index (χ0) is 10.7. The number of aliphatic hydroxyl groups excluding tert-OH is 1. The van der Waals surface area contributed by atoms with Gasteiger partial charge in [0.05, 0.1) is 6.61 Å². The second kappa shape index (κ2) is 4.43. The summed E-state index contributed by atoms with van der Waals surface area (Å²) >= 11 is 5.76. The fraction of sp³-hybridized carbons (Fsp3) is 0.0833. The summed E-state index contributed by atoms with van der Waals surface area (Å²) in [5.41, 5.74) is 2.74. The number of pyridine rings is 1. The molecule has 0 aliphatic heterocycles. The second-order valence-corrected chi connectivity index (χ2v) is 3.58. The lowest BCUT2D eigenvalue weighted by Crippen LogP contribution is -1.91. The highest BCUT2D eigenvalue weighted by atomic mass is 35.5. The molecule has 0 unspecified atom stereocenters. The van der Waals surface area contributed by atoms with Gasteiger partial charge in [0.2, 0.25) is 0 Å². The van der Waals surface area contributed by atoms with Crippen LogP contribution in [0.25, 0.3) is 11.1 Å². The third-order valence-electron chi connectivity index (χ3n) is 2.21. The predicted molar refractivity (Wildman–Crippen MR) is 60.6 cm³/mol. The quantitative estimate of drug-likeness (QED) is 0.788. The maximum Gasteiger partial charge on any atom is 0.129 e.